The smallest absolute Gasteiger partial charge is 0.305 e. The Morgan fingerprint density at radius 2 is 2.21 bits per heavy atom. The number of nitrogens with zero attached hydrogens (tertiary/aromatic N) is 2. The highest BCUT2D eigenvalue weighted by Gasteiger charge is 2.20. The molecule has 0 aliphatic carbocycles. The molecular formula is C13H21N3O3. The number of hydrogen-bond acceptors (Lipinski definition) is 3. The van der Waals surface area contributed by atoms with E-state index in [4.69, 9.17) is 5.11 Å². The maximum atomic E-state index is 12.1. The quantitative estimate of drug-likeness (QED) is 0.784. The van der Waals surface area contributed by atoms with E-state index >= 15 is 0 Å². The number of nitrogens with one attached hydrogen (secondary N) is 1. The maximum absolute atomic E-state index is 12.1. The van der Waals surface area contributed by atoms with Crippen LogP contribution in [-0.4, -0.2) is 32.6 Å². The number of amides is 1. The molecule has 19 heavy (non-hydrogen) atoms. The molecule has 0 saturated carbocycles. The van der Waals surface area contributed by atoms with Gasteiger partial charge in [0.25, 0.3) is 5.91 Å². The number of aromatic nitrogens is 2. The van der Waals surface area contributed by atoms with Crippen molar-refractivity contribution in [3.05, 3.63) is 17.7 Å². The zero-order valence-corrected chi connectivity index (χ0v) is 11.6. The van der Waals surface area contributed by atoms with Crippen LogP contribution in [0.3, 0.4) is 0 Å². The van der Waals surface area contributed by atoms with Crippen molar-refractivity contribution >= 4 is 11.9 Å². The molecule has 0 fully saturated rings. The van der Waals surface area contributed by atoms with E-state index in [0.29, 0.717) is 17.8 Å². The second-order valence-electron chi connectivity index (χ2n) is 4.70. The first-order valence-electron chi connectivity index (χ1n) is 6.46. The molecule has 1 aromatic rings. The summed E-state index contributed by atoms with van der Waals surface area (Å²) in [7, 11) is 1.74. The number of hydrogen-bond donors (Lipinski definition) is 2. The predicted molar refractivity (Wildman–Crippen MR) is 71.0 cm³/mol. The summed E-state index contributed by atoms with van der Waals surface area (Å²) in [4.78, 5) is 27.0. The predicted octanol–water partition coefficient (Wildman–Crippen LogP) is 1.49. The number of imidazole rings is 1. The molecule has 0 aliphatic rings. The van der Waals surface area contributed by atoms with Crippen molar-refractivity contribution in [3.8, 4) is 0 Å². The van der Waals surface area contributed by atoms with Crippen LogP contribution in [0, 0.1) is 6.92 Å². The Balaban J connectivity index is 2.72. The number of carbonyl (C=O) groups is 2. The third kappa shape index (κ3) is 4.39. The molecular weight excluding hydrogens is 246 g/mol. The normalized spacial score (nSPS) is 12.2. The fraction of sp³-hybridized carbons (Fsp3) is 0.615. The molecule has 6 heteroatoms. The van der Waals surface area contributed by atoms with E-state index in [1.54, 1.807) is 24.9 Å². The van der Waals surface area contributed by atoms with Gasteiger partial charge in [0.1, 0.15) is 5.69 Å². The summed E-state index contributed by atoms with van der Waals surface area (Å²) in [6.45, 7) is 3.79. The van der Waals surface area contributed by atoms with Gasteiger partial charge in [-0.15, -0.1) is 0 Å². The zero-order valence-electron chi connectivity index (χ0n) is 11.6. The van der Waals surface area contributed by atoms with Crippen molar-refractivity contribution in [3.63, 3.8) is 0 Å². The molecule has 1 rings (SSSR count). The number of carboxylic acid groups (broad SMARTS) is 1. The molecule has 106 valence electrons. The minimum absolute atomic E-state index is 0.0529. The van der Waals surface area contributed by atoms with Crippen LogP contribution < -0.4 is 5.32 Å². The van der Waals surface area contributed by atoms with Gasteiger partial charge >= 0.3 is 5.97 Å². The van der Waals surface area contributed by atoms with E-state index in [1.165, 1.54) is 0 Å². The van der Waals surface area contributed by atoms with Gasteiger partial charge in [-0.3, -0.25) is 9.59 Å². The lowest BCUT2D eigenvalue weighted by Crippen LogP contribution is -2.37. The Bertz CT molecular complexity index is 434. The number of unbranched alkanes of at least 4 members (excludes halogenated alkanes) is 1. The second-order valence-corrected chi connectivity index (χ2v) is 4.70. The van der Waals surface area contributed by atoms with Crippen molar-refractivity contribution in [2.75, 3.05) is 0 Å². The number of carboxylic acids is 1. The molecule has 6 nitrogen and oxygen atoms in total. The first kappa shape index (κ1) is 15.2. The van der Waals surface area contributed by atoms with Crippen LogP contribution in [0.2, 0.25) is 0 Å². The second kappa shape index (κ2) is 6.92. The van der Waals surface area contributed by atoms with Crippen molar-refractivity contribution in [1.29, 1.82) is 0 Å². The van der Waals surface area contributed by atoms with Crippen molar-refractivity contribution < 1.29 is 14.7 Å². The Morgan fingerprint density at radius 3 is 2.68 bits per heavy atom. The van der Waals surface area contributed by atoms with Crippen molar-refractivity contribution in [1.82, 2.24) is 14.9 Å². The molecule has 0 aliphatic heterocycles. The standard InChI is InChI=1S/C13H21N3O3/c1-4-5-6-10(7-11(17)18)15-13(19)12-9(2)14-8-16(12)3/h8,10H,4-7H2,1-3H3,(H,15,19)(H,17,18)/t10-/m0/s1. The minimum Gasteiger partial charge on any atom is -0.481 e. The van der Waals surface area contributed by atoms with Gasteiger partial charge in [-0.2, -0.15) is 0 Å². The molecule has 1 heterocycles. The van der Waals surface area contributed by atoms with Gasteiger partial charge < -0.3 is 15.0 Å². The maximum Gasteiger partial charge on any atom is 0.305 e. The lowest BCUT2D eigenvalue weighted by Gasteiger charge is -2.17. The van der Waals surface area contributed by atoms with Gasteiger partial charge in [0, 0.05) is 13.1 Å². The first-order chi connectivity index (χ1) is 8.95. The molecule has 0 aromatic carbocycles. The molecule has 0 saturated heterocycles. The highest BCUT2D eigenvalue weighted by molar-refractivity contribution is 5.94. The van der Waals surface area contributed by atoms with E-state index < -0.39 is 5.97 Å². The van der Waals surface area contributed by atoms with E-state index in [9.17, 15) is 9.59 Å². The Hall–Kier alpha value is -1.85. The SMILES string of the molecule is CCCC[C@@H](CC(=O)O)NC(=O)c1c(C)ncn1C. The lowest BCUT2D eigenvalue weighted by atomic mass is 10.1. The summed E-state index contributed by atoms with van der Waals surface area (Å²) in [5.74, 6) is -1.16. The summed E-state index contributed by atoms with van der Waals surface area (Å²) in [6.07, 6.45) is 4.05. The van der Waals surface area contributed by atoms with Gasteiger partial charge in [-0.1, -0.05) is 19.8 Å². The van der Waals surface area contributed by atoms with E-state index in [0.717, 1.165) is 12.8 Å². The molecule has 1 atom stereocenters. The molecule has 0 bridgehead atoms. The average Bonchev–Trinajstić information content (AvgIpc) is 2.65. The van der Waals surface area contributed by atoms with Crippen molar-refractivity contribution in [2.45, 2.75) is 45.6 Å². The molecule has 0 spiro atoms. The molecule has 1 amide bonds. The average molecular weight is 267 g/mol. The van der Waals surface area contributed by atoms with Gasteiger partial charge in [0.2, 0.25) is 0 Å². The molecule has 2 N–H and O–H groups in total. The highest BCUT2D eigenvalue weighted by Crippen LogP contribution is 2.09. The summed E-state index contributed by atoms with van der Waals surface area (Å²) < 4.78 is 1.64. The number of rotatable bonds is 7. The third-order valence-electron chi connectivity index (χ3n) is 3.00. The fourth-order valence-electron chi connectivity index (χ4n) is 2.01. The van der Waals surface area contributed by atoms with E-state index in [-0.39, 0.29) is 18.4 Å². The number of aliphatic carboxylic acids is 1. The minimum atomic E-state index is -0.900. The van der Waals surface area contributed by atoms with Gasteiger partial charge in [0.05, 0.1) is 18.4 Å². The van der Waals surface area contributed by atoms with Gasteiger partial charge in [0.15, 0.2) is 0 Å². The van der Waals surface area contributed by atoms with Crippen LogP contribution >= 0.6 is 0 Å². The van der Waals surface area contributed by atoms with Gasteiger partial charge in [-0.05, 0) is 13.3 Å². The van der Waals surface area contributed by atoms with Crippen LogP contribution in [0.25, 0.3) is 0 Å². The van der Waals surface area contributed by atoms with Crippen LogP contribution in [0.15, 0.2) is 6.33 Å². The highest BCUT2D eigenvalue weighted by atomic mass is 16.4. The van der Waals surface area contributed by atoms with E-state index in [2.05, 4.69) is 10.3 Å². The van der Waals surface area contributed by atoms with Crippen LogP contribution in [-0.2, 0) is 11.8 Å². The fourth-order valence-corrected chi connectivity index (χ4v) is 2.01. The van der Waals surface area contributed by atoms with Crippen LogP contribution in [0.1, 0.15) is 48.8 Å². The lowest BCUT2D eigenvalue weighted by molar-refractivity contribution is -0.137. The topological polar surface area (TPSA) is 84.2 Å². The summed E-state index contributed by atoms with van der Waals surface area (Å²) in [5, 5.41) is 11.7. The first-order valence-corrected chi connectivity index (χ1v) is 6.46. The monoisotopic (exact) mass is 267 g/mol. The van der Waals surface area contributed by atoms with Gasteiger partial charge in [-0.25, -0.2) is 4.98 Å². The molecule has 0 unspecified atom stereocenters. The largest absolute Gasteiger partial charge is 0.481 e. The molecule has 0 radical (unpaired) electrons. The van der Waals surface area contributed by atoms with Crippen LogP contribution in [0.4, 0.5) is 0 Å². The Kier molecular flexibility index (Phi) is 5.54. The van der Waals surface area contributed by atoms with Crippen molar-refractivity contribution in [2.24, 2.45) is 7.05 Å². The third-order valence-corrected chi connectivity index (χ3v) is 3.00. The molecule has 1 aromatic heterocycles. The Labute approximate surface area is 112 Å². The van der Waals surface area contributed by atoms with Crippen LogP contribution in [0.5, 0.6) is 0 Å². The zero-order chi connectivity index (χ0) is 14.4. The summed E-state index contributed by atoms with van der Waals surface area (Å²) in [5.41, 5.74) is 1.12. The van der Waals surface area contributed by atoms with E-state index in [1.807, 2.05) is 6.92 Å². The summed E-state index contributed by atoms with van der Waals surface area (Å²) in [6, 6.07) is -0.334. The number of aryl methyl sites for hydroxylation is 2. The number of carbonyl (C=O) groups excluding carboxylic acids is 1. The summed E-state index contributed by atoms with van der Waals surface area (Å²) >= 11 is 0. The Morgan fingerprint density at radius 1 is 1.53 bits per heavy atom.